The minimum absolute atomic E-state index is 0.263. The summed E-state index contributed by atoms with van der Waals surface area (Å²) >= 11 is 0. The monoisotopic (exact) mass is 611 g/mol. The number of hydrogen-bond donors (Lipinski definition) is 2. The number of aliphatic hydroxyl groups is 1. The summed E-state index contributed by atoms with van der Waals surface area (Å²) in [6.07, 6.45) is 1.22. The normalized spacial score (nSPS) is 12.6. The molecule has 1 aliphatic heterocycles. The van der Waals surface area contributed by atoms with Crippen LogP contribution in [0.25, 0.3) is 39.3 Å². The van der Waals surface area contributed by atoms with E-state index in [-0.39, 0.29) is 12.2 Å². The number of hydrogen-bond acceptors (Lipinski definition) is 6. The van der Waals surface area contributed by atoms with Crippen molar-refractivity contribution in [2.24, 2.45) is 0 Å². The summed E-state index contributed by atoms with van der Waals surface area (Å²) in [4.78, 5) is 16.6. The van der Waals surface area contributed by atoms with Crippen LogP contribution in [-0.4, -0.2) is 50.1 Å². The molecule has 1 aliphatic rings. The van der Waals surface area contributed by atoms with Crippen molar-refractivity contribution in [3.8, 4) is 45.1 Å². The van der Waals surface area contributed by atoms with E-state index in [1.807, 2.05) is 55.5 Å². The molecule has 6 rings (SSSR count). The summed E-state index contributed by atoms with van der Waals surface area (Å²) in [6.45, 7) is 9.42. The Bertz CT molecular complexity index is 1870. The van der Waals surface area contributed by atoms with E-state index in [4.69, 9.17) is 24.7 Å². The Morgan fingerprint density at radius 2 is 1.73 bits per heavy atom. The molecule has 0 fully saturated rings. The summed E-state index contributed by atoms with van der Waals surface area (Å²) in [5.74, 6) is -0.388. The van der Waals surface area contributed by atoms with E-state index in [9.17, 15) is 9.90 Å². The fraction of sp³-hybridized carbons (Fsp3) is 0.306. The molecule has 8 nitrogen and oxygen atoms in total. The molecule has 0 amide bonds. The molecule has 0 atom stereocenters. The number of aryl methyl sites for hydroxylation is 1. The highest BCUT2D eigenvalue weighted by Gasteiger charge is 2.26. The van der Waals surface area contributed by atoms with Gasteiger partial charge >= 0.3 is 5.97 Å². The zero-order valence-electron chi connectivity index (χ0n) is 26.4. The molecule has 0 bridgehead atoms. The predicted octanol–water partition coefficient (Wildman–Crippen LogP) is 7.22. The van der Waals surface area contributed by atoms with Crippen molar-refractivity contribution in [3.63, 3.8) is 0 Å². The van der Waals surface area contributed by atoms with Gasteiger partial charge in [-0.25, -0.2) is 13.9 Å². The van der Waals surface area contributed by atoms with E-state index >= 15 is 4.39 Å². The Labute approximate surface area is 262 Å². The first kappa shape index (κ1) is 31.7. The van der Waals surface area contributed by atoms with Crippen LogP contribution in [0.3, 0.4) is 0 Å². The molecule has 5 aromatic rings. The molecule has 0 spiro atoms. The summed E-state index contributed by atoms with van der Waals surface area (Å²) in [7, 11) is 1.64. The van der Waals surface area contributed by atoms with E-state index in [2.05, 4.69) is 6.07 Å². The third-order valence-corrected chi connectivity index (χ3v) is 7.51. The van der Waals surface area contributed by atoms with Gasteiger partial charge < -0.3 is 19.7 Å². The van der Waals surface area contributed by atoms with Gasteiger partial charge in [0.15, 0.2) is 17.2 Å². The quantitative estimate of drug-likeness (QED) is 0.209. The number of carbonyl (C=O) groups is 1. The highest BCUT2D eigenvalue weighted by atomic mass is 19.1. The number of halogens is 1. The molecular formula is C36H38FN3O5. The number of nitrogens with zero attached hydrogens (tertiary/aromatic N) is 3. The SMILES string of the molecule is CC(C)(C)O.COc1ccc(-c2cccc(-c3cc4nc(C)c(CC(=O)O)c(-c5cc(F)c6c(c5C)CCCO6)n4n3)c2)cc1. The van der Waals surface area contributed by atoms with Crippen molar-refractivity contribution in [2.75, 3.05) is 13.7 Å². The van der Waals surface area contributed by atoms with Crippen LogP contribution in [0.15, 0.2) is 60.7 Å². The smallest absolute Gasteiger partial charge is 0.307 e. The maximum Gasteiger partial charge on any atom is 0.307 e. The number of carboxylic acids is 1. The lowest BCUT2D eigenvalue weighted by atomic mass is 9.91. The number of rotatable bonds is 6. The highest BCUT2D eigenvalue weighted by molar-refractivity contribution is 5.80. The lowest BCUT2D eigenvalue weighted by Gasteiger charge is -2.23. The molecule has 45 heavy (non-hydrogen) atoms. The zero-order chi connectivity index (χ0) is 32.5. The van der Waals surface area contributed by atoms with Gasteiger partial charge in [0, 0.05) is 34.0 Å². The summed E-state index contributed by atoms with van der Waals surface area (Å²) in [5.41, 5.74) is 7.52. The molecule has 0 saturated carbocycles. The van der Waals surface area contributed by atoms with Crippen molar-refractivity contribution in [2.45, 2.75) is 59.5 Å². The van der Waals surface area contributed by atoms with Gasteiger partial charge in [0.1, 0.15) is 5.75 Å². The first-order valence-corrected chi connectivity index (χ1v) is 14.9. The van der Waals surface area contributed by atoms with E-state index in [0.717, 1.165) is 40.0 Å². The first-order chi connectivity index (χ1) is 21.3. The maximum atomic E-state index is 15.3. The second-order valence-electron chi connectivity index (χ2n) is 12.2. The molecular weight excluding hydrogens is 573 g/mol. The van der Waals surface area contributed by atoms with Gasteiger partial charge in [-0.15, -0.1) is 0 Å². The topological polar surface area (TPSA) is 106 Å². The maximum absolute atomic E-state index is 15.3. The summed E-state index contributed by atoms with van der Waals surface area (Å²) < 4.78 is 27.9. The van der Waals surface area contributed by atoms with Gasteiger partial charge in [-0.3, -0.25) is 4.79 Å². The Morgan fingerprint density at radius 3 is 2.40 bits per heavy atom. The molecule has 0 unspecified atom stereocenters. The number of aromatic nitrogens is 3. The number of ether oxygens (including phenoxy) is 2. The van der Waals surface area contributed by atoms with E-state index in [1.54, 1.807) is 39.3 Å². The third-order valence-electron chi connectivity index (χ3n) is 7.51. The van der Waals surface area contributed by atoms with Gasteiger partial charge in [-0.2, -0.15) is 5.10 Å². The van der Waals surface area contributed by atoms with E-state index in [0.29, 0.717) is 46.9 Å². The average molecular weight is 612 g/mol. The highest BCUT2D eigenvalue weighted by Crippen LogP contribution is 2.39. The minimum atomic E-state index is -0.996. The van der Waals surface area contributed by atoms with Crippen LogP contribution in [0.4, 0.5) is 4.39 Å². The molecule has 234 valence electrons. The fourth-order valence-electron chi connectivity index (χ4n) is 5.48. The average Bonchev–Trinajstić information content (AvgIpc) is 3.42. The minimum Gasteiger partial charge on any atom is -0.497 e. The second-order valence-corrected chi connectivity index (χ2v) is 12.2. The third kappa shape index (κ3) is 6.99. The van der Waals surface area contributed by atoms with Gasteiger partial charge in [0.25, 0.3) is 0 Å². The Morgan fingerprint density at radius 1 is 1.04 bits per heavy atom. The molecule has 0 radical (unpaired) electrons. The van der Waals surface area contributed by atoms with Crippen LogP contribution < -0.4 is 9.47 Å². The first-order valence-electron chi connectivity index (χ1n) is 14.9. The van der Waals surface area contributed by atoms with Crippen LogP contribution in [0, 0.1) is 19.7 Å². The van der Waals surface area contributed by atoms with Crippen LogP contribution in [0.1, 0.15) is 49.6 Å². The number of aliphatic carboxylic acids is 1. The van der Waals surface area contributed by atoms with Crippen molar-refractivity contribution >= 4 is 11.6 Å². The van der Waals surface area contributed by atoms with Crippen molar-refractivity contribution in [1.82, 2.24) is 14.6 Å². The lowest BCUT2D eigenvalue weighted by molar-refractivity contribution is -0.136. The summed E-state index contributed by atoms with van der Waals surface area (Å²) in [6, 6.07) is 19.2. The van der Waals surface area contributed by atoms with E-state index < -0.39 is 17.4 Å². The van der Waals surface area contributed by atoms with Crippen LogP contribution >= 0.6 is 0 Å². The Balaban J connectivity index is 0.000000743. The van der Waals surface area contributed by atoms with Crippen LogP contribution in [0.5, 0.6) is 11.5 Å². The zero-order valence-corrected chi connectivity index (χ0v) is 26.4. The second kappa shape index (κ2) is 12.7. The lowest BCUT2D eigenvalue weighted by Crippen LogP contribution is -2.14. The molecule has 3 heterocycles. The largest absolute Gasteiger partial charge is 0.497 e. The van der Waals surface area contributed by atoms with Gasteiger partial charge in [0.05, 0.1) is 37.1 Å². The van der Waals surface area contributed by atoms with Gasteiger partial charge in [0.2, 0.25) is 0 Å². The number of benzene rings is 3. The van der Waals surface area contributed by atoms with Crippen LogP contribution in [-0.2, 0) is 17.6 Å². The van der Waals surface area contributed by atoms with Crippen molar-refractivity contribution in [1.29, 1.82) is 0 Å². The standard InChI is InChI=1S/C32H28FN3O4.C4H10O/c1-18-24-8-5-13-40-32(24)27(33)15-25(18)31-26(16-30(37)38)19(2)34-29-17-28(35-36(29)31)22-7-4-6-21(14-22)20-9-11-23(39-3)12-10-20;1-4(2,3)5/h4,6-7,9-12,14-15,17H,5,8,13,16H2,1-3H3,(H,37,38);5H,1-3H3. The van der Waals surface area contributed by atoms with Gasteiger partial charge in [-0.05, 0) is 88.4 Å². The van der Waals surface area contributed by atoms with Gasteiger partial charge in [-0.1, -0.05) is 30.3 Å². The number of fused-ring (bicyclic) bond motifs is 2. The molecule has 0 aliphatic carbocycles. The van der Waals surface area contributed by atoms with E-state index in [1.165, 1.54) is 6.07 Å². The Kier molecular flexibility index (Phi) is 8.93. The molecule has 3 aromatic carbocycles. The number of carboxylic acid groups (broad SMARTS) is 1. The molecule has 9 heteroatoms. The Hall–Kier alpha value is -4.76. The van der Waals surface area contributed by atoms with Crippen molar-refractivity contribution < 1.29 is 28.9 Å². The molecule has 0 saturated heterocycles. The molecule has 2 aromatic heterocycles. The van der Waals surface area contributed by atoms with Crippen molar-refractivity contribution in [3.05, 3.63) is 88.9 Å². The van der Waals surface area contributed by atoms with Crippen LogP contribution in [0.2, 0.25) is 0 Å². The number of methoxy groups -OCH3 is 1. The molecule has 2 N–H and O–H groups in total. The summed E-state index contributed by atoms with van der Waals surface area (Å²) in [5, 5.41) is 23.2. The fourth-order valence-corrected chi connectivity index (χ4v) is 5.48. The predicted molar refractivity (Wildman–Crippen MR) is 172 cm³/mol.